The van der Waals surface area contributed by atoms with Gasteiger partial charge >= 0.3 is 0 Å². The van der Waals surface area contributed by atoms with Gasteiger partial charge in [-0.2, -0.15) is 0 Å². The molecular weight excluding hydrogens is 236 g/mol. The average molecular weight is 256 g/mol. The van der Waals surface area contributed by atoms with E-state index in [0.29, 0.717) is 5.92 Å². The Balaban J connectivity index is 2.16. The monoisotopic (exact) mass is 256 g/mol. The summed E-state index contributed by atoms with van der Waals surface area (Å²) < 4.78 is 5.88. The van der Waals surface area contributed by atoms with Crippen molar-refractivity contribution < 1.29 is 4.74 Å². The molecule has 0 aliphatic carbocycles. The zero-order valence-electron chi connectivity index (χ0n) is 11.7. The van der Waals surface area contributed by atoms with Gasteiger partial charge in [0.25, 0.3) is 0 Å². The van der Waals surface area contributed by atoms with Crippen LogP contribution in [0, 0.1) is 0 Å². The molecule has 0 unspecified atom stereocenters. The largest absolute Gasteiger partial charge is 0.457 e. The minimum absolute atomic E-state index is 0.498. The van der Waals surface area contributed by atoms with E-state index < -0.39 is 0 Å². The van der Waals surface area contributed by atoms with Crippen LogP contribution in [-0.2, 0) is 0 Å². The lowest BCUT2D eigenvalue weighted by atomic mass is 10.0. The Hall–Kier alpha value is -2.03. The van der Waals surface area contributed by atoms with Crippen molar-refractivity contribution in [2.24, 2.45) is 0 Å². The third-order valence-electron chi connectivity index (χ3n) is 2.85. The second-order valence-corrected chi connectivity index (χ2v) is 4.74. The number of rotatable bonds is 5. The van der Waals surface area contributed by atoms with Crippen LogP contribution in [0.25, 0.3) is 0 Å². The van der Waals surface area contributed by atoms with Gasteiger partial charge in [-0.15, -0.1) is 0 Å². The topological polar surface area (TPSA) is 34.1 Å². The smallest absolute Gasteiger partial charge is 0.132 e. The van der Waals surface area contributed by atoms with Crippen LogP contribution in [0.2, 0.25) is 0 Å². The number of hydrogen-bond donors (Lipinski definition) is 1. The Morgan fingerprint density at radius 1 is 1.16 bits per heavy atom. The summed E-state index contributed by atoms with van der Waals surface area (Å²) in [5.74, 6) is 2.99. The quantitative estimate of drug-likeness (QED) is 0.859. The number of anilines is 1. The Kier molecular flexibility index (Phi) is 4.39. The van der Waals surface area contributed by atoms with Crippen molar-refractivity contribution in [1.82, 2.24) is 4.98 Å². The normalized spacial score (nSPS) is 10.5. The van der Waals surface area contributed by atoms with Crippen molar-refractivity contribution in [2.45, 2.75) is 26.7 Å². The first kappa shape index (κ1) is 13.4. The van der Waals surface area contributed by atoms with Crippen LogP contribution in [0.15, 0.2) is 42.6 Å². The second kappa shape index (κ2) is 6.23. The van der Waals surface area contributed by atoms with Gasteiger partial charge in [0.15, 0.2) is 0 Å². The highest BCUT2D eigenvalue weighted by atomic mass is 16.5. The molecule has 0 atom stereocenters. The lowest BCUT2D eigenvalue weighted by molar-refractivity contribution is 0.481. The number of nitrogens with zero attached hydrogens (tertiary/aromatic N) is 1. The Morgan fingerprint density at radius 2 is 1.95 bits per heavy atom. The highest BCUT2D eigenvalue weighted by Gasteiger charge is 2.03. The van der Waals surface area contributed by atoms with Gasteiger partial charge in [0, 0.05) is 18.8 Å². The molecule has 0 saturated carbocycles. The van der Waals surface area contributed by atoms with Crippen LogP contribution < -0.4 is 10.1 Å². The van der Waals surface area contributed by atoms with E-state index in [9.17, 15) is 0 Å². The number of pyridine rings is 1. The fourth-order valence-electron chi connectivity index (χ4n) is 1.83. The van der Waals surface area contributed by atoms with E-state index in [1.54, 1.807) is 6.20 Å². The fourth-order valence-corrected chi connectivity index (χ4v) is 1.83. The summed E-state index contributed by atoms with van der Waals surface area (Å²) in [4.78, 5) is 4.23. The van der Waals surface area contributed by atoms with Crippen molar-refractivity contribution >= 4 is 5.82 Å². The van der Waals surface area contributed by atoms with Crippen LogP contribution in [0.5, 0.6) is 11.5 Å². The molecule has 0 aliphatic rings. The maximum Gasteiger partial charge on any atom is 0.132 e. The lowest BCUT2D eigenvalue weighted by Gasteiger charge is -2.10. The summed E-state index contributed by atoms with van der Waals surface area (Å²) in [6, 6.07) is 12.0. The summed E-state index contributed by atoms with van der Waals surface area (Å²) in [5.41, 5.74) is 1.28. The van der Waals surface area contributed by atoms with E-state index >= 15 is 0 Å². The molecule has 1 aromatic heterocycles. The highest BCUT2D eigenvalue weighted by Crippen LogP contribution is 2.26. The molecule has 0 aliphatic heterocycles. The first-order chi connectivity index (χ1) is 9.19. The highest BCUT2D eigenvalue weighted by molar-refractivity contribution is 5.42. The maximum atomic E-state index is 5.88. The maximum absolute atomic E-state index is 5.88. The van der Waals surface area contributed by atoms with Crippen LogP contribution in [0.1, 0.15) is 32.3 Å². The molecular formula is C16H20N2O. The van der Waals surface area contributed by atoms with E-state index in [4.69, 9.17) is 4.74 Å². The number of nitrogens with one attached hydrogen (secondary N) is 1. The van der Waals surface area contributed by atoms with Crippen molar-refractivity contribution in [3.8, 4) is 11.5 Å². The van der Waals surface area contributed by atoms with Gasteiger partial charge in [-0.3, -0.25) is 0 Å². The summed E-state index contributed by atoms with van der Waals surface area (Å²) in [5, 5.41) is 3.17. The number of aromatic nitrogens is 1. The van der Waals surface area contributed by atoms with Crippen LogP contribution >= 0.6 is 0 Å². The second-order valence-electron chi connectivity index (χ2n) is 4.74. The molecule has 0 amide bonds. The zero-order chi connectivity index (χ0) is 13.7. The van der Waals surface area contributed by atoms with Crippen LogP contribution in [0.4, 0.5) is 5.82 Å². The molecule has 2 aromatic rings. The molecule has 0 bridgehead atoms. The predicted octanol–water partition coefficient (Wildman–Crippen LogP) is 4.43. The molecule has 2 rings (SSSR count). The molecule has 0 radical (unpaired) electrons. The van der Waals surface area contributed by atoms with Gasteiger partial charge in [0.05, 0.1) is 0 Å². The van der Waals surface area contributed by atoms with Gasteiger partial charge < -0.3 is 10.1 Å². The minimum atomic E-state index is 0.498. The molecule has 19 heavy (non-hydrogen) atoms. The molecule has 0 fully saturated rings. The summed E-state index contributed by atoms with van der Waals surface area (Å²) in [6.07, 6.45) is 1.75. The van der Waals surface area contributed by atoms with Crippen molar-refractivity contribution in [2.75, 3.05) is 11.9 Å². The molecule has 1 aromatic carbocycles. The molecule has 3 heteroatoms. The molecule has 100 valence electrons. The van der Waals surface area contributed by atoms with Gasteiger partial charge in [-0.1, -0.05) is 26.0 Å². The van der Waals surface area contributed by atoms with Gasteiger partial charge in [0.1, 0.15) is 17.3 Å². The van der Waals surface area contributed by atoms with Crippen molar-refractivity contribution in [1.29, 1.82) is 0 Å². The summed E-state index contributed by atoms with van der Waals surface area (Å²) >= 11 is 0. The van der Waals surface area contributed by atoms with Gasteiger partial charge in [-0.25, -0.2) is 4.98 Å². The molecule has 0 spiro atoms. The summed E-state index contributed by atoms with van der Waals surface area (Å²) in [7, 11) is 0. The molecule has 3 nitrogen and oxygen atoms in total. The SMILES string of the molecule is CCNc1cc(Oc2cccc(C(C)C)c2)ccn1. The molecule has 1 N–H and O–H groups in total. The lowest BCUT2D eigenvalue weighted by Crippen LogP contribution is -1.98. The van der Waals surface area contributed by atoms with Crippen LogP contribution in [0.3, 0.4) is 0 Å². The number of benzene rings is 1. The van der Waals surface area contributed by atoms with Gasteiger partial charge in [0.2, 0.25) is 0 Å². The number of ether oxygens (including phenoxy) is 1. The third kappa shape index (κ3) is 3.71. The van der Waals surface area contributed by atoms with Crippen molar-refractivity contribution in [3.63, 3.8) is 0 Å². The van der Waals surface area contributed by atoms with E-state index in [-0.39, 0.29) is 0 Å². The van der Waals surface area contributed by atoms with E-state index in [1.807, 2.05) is 31.2 Å². The van der Waals surface area contributed by atoms with E-state index in [0.717, 1.165) is 23.9 Å². The molecule has 1 heterocycles. The zero-order valence-corrected chi connectivity index (χ0v) is 11.7. The van der Waals surface area contributed by atoms with Crippen LogP contribution in [-0.4, -0.2) is 11.5 Å². The van der Waals surface area contributed by atoms with Crippen molar-refractivity contribution in [3.05, 3.63) is 48.2 Å². The Labute approximate surface area is 114 Å². The Morgan fingerprint density at radius 3 is 2.68 bits per heavy atom. The standard InChI is InChI=1S/C16H20N2O/c1-4-17-16-11-15(8-9-18-16)19-14-7-5-6-13(10-14)12(2)3/h5-12H,4H2,1-3H3,(H,17,18). The number of hydrogen-bond acceptors (Lipinski definition) is 3. The first-order valence-corrected chi connectivity index (χ1v) is 6.66. The minimum Gasteiger partial charge on any atom is -0.457 e. The fraction of sp³-hybridized carbons (Fsp3) is 0.312. The first-order valence-electron chi connectivity index (χ1n) is 6.66. The summed E-state index contributed by atoms with van der Waals surface area (Å²) in [6.45, 7) is 7.24. The Bertz CT molecular complexity index is 538. The average Bonchev–Trinajstić information content (AvgIpc) is 2.40. The van der Waals surface area contributed by atoms with E-state index in [2.05, 4.69) is 36.3 Å². The predicted molar refractivity (Wildman–Crippen MR) is 79.0 cm³/mol. The van der Waals surface area contributed by atoms with Gasteiger partial charge in [-0.05, 0) is 36.6 Å². The molecule has 0 saturated heterocycles. The third-order valence-corrected chi connectivity index (χ3v) is 2.85. The van der Waals surface area contributed by atoms with E-state index in [1.165, 1.54) is 5.56 Å².